The Kier molecular flexibility index (Phi) is 11.4. The van der Waals surface area contributed by atoms with Gasteiger partial charge in [0.1, 0.15) is 5.69 Å². The van der Waals surface area contributed by atoms with Gasteiger partial charge in [-0.05, 0) is 54.2 Å². The zero-order chi connectivity index (χ0) is 29.0. The number of aromatic nitrogens is 1. The molecule has 212 valence electrons. The second-order valence-corrected chi connectivity index (χ2v) is 11.3. The first-order chi connectivity index (χ1) is 19.2. The van der Waals surface area contributed by atoms with Crippen LogP contribution < -0.4 is 10.0 Å². The van der Waals surface area contributed by atoms with Crippen LogP contribution >= 0.6 is 0 Å². The third-order valence-corrected chi connectivity index (χ3v) is 7.54. The third kappa shape index (κ3) is 9.60. The molecule has 1 heterocycles. The molecule has 0 saturated carbocycles. The van der Waals surface area contributed by atoms with Gasteiger partial charge in [0.2, 0.25) is 5.91 Å². The Balaban J connectivity index is 1.48. The van der Waals surface area contributed by atoms with E-state index in [9.17, 15) is 22.8 Å². The number of hydrogen-bond acceptors (Lipinski definition) is 7. The fourth-order valence-corrected chi connectivity index (χ4v) is 4.82. The van der Waals surface area contributed by atoms with Crippen LogP contribution in [0.3, 0.4) is 0 Å². The van der Waals surface area contributed by atoms with Crippen molar-refractivity contribution in [3.8, 4) is 0 Å². The van der Waals surface area contributed by atoms with Gasteiger partial charge < -0.3 is 10.1 Å². The average molecular weight is 566 g/mol. The number of carbonyl (C=O) groups excluding carboxylic acids is 3. The number of nitrogens with zero attached hydrogens (tertiary/aromatic N) is 1. The topological polar surface area (TPSA) is 132 Å². The lowest BCUT2D eigenvalue weighted by Crippen LogP contribution is -2.30. The number of nitrogens with one attached hydrogen (secondary N) is 2. The zero-order valence-electron chi connectivity index (χ0n) is 22.8. The molecular weight excluding hydrogens is 530 g/mol. The molecule has 0 aliphatic heterocycles. The van der Waals surface area contributed by atoms with Gasteiger partial charge in [-0.25, -0.2) is 22.9 Å². The molecule has 0 aliphatic carbocycles. The maximum absolute atomic E-state index is 12.7. The largest absolute Gasteiger partial charge is 0.461 e. The summed E-state index contributed by atoms with van der Waals surface area (Å²) < 4.78 is 32.7. The number of pyridine rings is 1. The average Bonchev–Trinajstić information content (AvgIpc) is 2.95. The molecule has 2 amide bonds. The highest BCUT2D eigenvalue weighted by molar-refractivity contribution is 7.90. The Morgan fingerprint density at radius 2 is 1.68 bits per heavy atom. The van der Waals surface area contributed by atoms with Crippen molar-refractivity contribution in [2.45, 2.75) is 50.8 Å². The summed E-state index contributed by atoms with van der Waals surface area (Å²) in [5.74, 6) is -1.33. The first kappa shape index (κ1) is 30.5. The number of rotatable bonds is 14. The van der Waals surface area contributed by atoms with E-state index in [0.717, 1.165) is 36.6 Å². The number of unbranched alkanes of at least 4 members (excludes halogenated alkanes) is 1. The van der Waals surface area contributed by atoms with Crippen molar-refractivity contribution >= 4 is 27.8 Å². The van der Waals surface area contributed by atoms with Crippen LogP contribution in [0.2, 0.25) is 0 Å². The molecule has 10 heteroatoms. The molecule has 1 atom stereocenters. The van der Waals surface area contributed by atoms with E-state index in [-0.39, 0.29) is 34.6 Å². The smallest absolute Gasteiger partial charge is 0.356 e. The first-order valence-electron chi connectivity index (χ1n) is 13.3. The van der Waals surface area contributed by atoms with E-state index >= 15 is 0 Å². The number of hydrogen-bond donors (Lipinski definition) is 2. The van der Waals surface area contributed by atoms with E-state index in [1.165, 1.54) is 24.3 Å². The molecule has 0 saturated heterocycles. The SMILES string of the molecule is CCCCC(C)COC(=O)c1ccc(C(=O)NS(=O)(=O)c2ccc(CCNC(=O)Cc3ccccc3)cc2)cn1. The van der Waals surface area contributed by atoms with E-state index in [1.54, 1.807) is 12.1 Å². The molecule has 0 aliphatic rings. The van der Waals surface area contributed by atoms with E-state index in [0.29, 0.717) is 19.4 Å². The first-order valence-corrected chi connectivity index (χ1v) is 14.8. The number of benzene rings is 2. The van der Waals surface area contributed by atoms with E-state index < -0.39 is 21.9 Å². The summed E-state index contributed by atoms with van der Waals surface area (Å²) >= 11 is 0. The van der Waals surface area contributed by atoms with Gasteiger partial charge in [0.25, 0.3) is 15.9 Å². The maximum Gasteiger partial charge on any atom is 0.356 e. The van der Waals surface area contributed by atoms with Crippen molar-refractivity contribution in [3.63, 3.8) is 0 Å². The Hall–Kier alpha value is -4.05. The molecule has 2 aromatic carbocycles. The van der Waals surface area contributed by atoms with Gasteiger partial charge in [-0.1, -0.05) is 69.2 Å². The maximum atomic E-state index is 12.7. The summed E-state index contributed by atoms with van der Waals surface area (Å²) in [5.41, 5.74) is 1.78. The van der Waals surface area contributed by atoms with Crippen molar-refractivity contribution in [2.75, 3.05) is 13.2 Å². The van der Waals surface area contributed by atoms with Crippen molar-refractivity contribution in [3.05, 3.63) is 95.3 Å². The van der Waals surface area contributed by atoms with Crippen molar-refractivity contribution in [1.29, 1.82) is 0 Å². The van der Waals surface area contributed by atoms with Crippen LogP contribution in [0.1, 0.15) is 65.1 Å². The standard InChI is InChI=1S/C30H35N3O6S/c1-3-4-8-22(2)21-39-30(36)27-16-13-25(20-32-27)29(35)33-40(37,38)26-14-11-23(12-15-26)17-18-31-28(34)19-24-9-6-5-7-10-24/h5-7,9-16,20,22H,3-4,8,17-19,21H2,1-2H3,(H,31,34)(H,33,35). The molecular formula is C30H35N3O6S. The fraction of sp³-hybridized carbons (Fsp3) is 0.333. The highest BCUT2D eigenvalue weighted by Crippen LogP contribution is 2.13. The summed E-state index contributed by atoms with van der Waals surface area (Å²) in [6, 6.07) is 18.1. The number of sulfonamides is 1. The Bertz CT molecular complexity index is 1380. The molecule has 9 nitrogen and oxygen atoms in total. The quantitative estimate of drug-likeness (QED) is 0.282. The number of amides is 2. The summed E-state index contributed by atoms with van der Waals surface area (Å²) in [6.45, 7) is 4.79. The molecule has 0 radical (unpaired) electrons. The number of ether oxygens (including phenoxy) is 1. The minimum Gasteiger partial charge on any atom is -0.461 e. The Morgan fingerprint density at radius 3 is 2.33 bits per heavy atom. The van der Waals surface area contributed by atoms with Gasteiger partial charge in [0, 0.05) is 12.7 Å². The van der Waals surface area contributed by atoms with Crippen molar-refractivity contribution in [2.24, 2.45) is 5.92 Å². The van der Waals surface area contributed by atoms with E-state index in [4.69, 9.17) is 4.74 Å². The van der Waals surface area contributed by atoms with Crippen LogP contribution in [0.4, 0.5) is 0 Å². The second-order valence-electron chi connectivity index (χ2n) is 9.62. The minimum atomic E-state index is -4.13. The van der Waals surface area contributed by atoms with Crippen LogP contribution in [0.5, 0.6) is 0 Å². The molecule has 0 fully saturated rings. The van der Waals surface area contributed by atoms with Gasteiger partial charge in [-0.3, -0.25) is 9.59 Å². The number of carbonyl (C=O) groups is 3. The van der Waals surface area contributed by atoms with Gasteiger partial charge in [0.15, 0.2) is 0 Å². The van der Waals surface area contributed by atoms with Gasteiger partial charge >= 0.3 is 5.97 Å². The molecule has 0 spiro atoms. The Labute approximate surface area is 235 Å². The van der Waals surface area contributed by atoms with Crippen LogP contribution in [0.25, 0.3) is 0 Å². The van der Waals surface area contributed by atoms with Gasteiger partial charge in [0.05, 0.1) is 23.5 Å². The molecule has 3 rings (SSSR count). The highest BCUT2D eigenvalue weighted by atomic mass is 32.2. The predicted octanol–water partition coefficient (Wildman–Crippen LogP) is 4.08. The summed E-state index contributed by atoms with van der Waals surface area (Å²) in [7, 11) is -4.13. The molecule has 40 heavy (non-hydrogen) atoms. The van der Waals surface area contributed by atoms with Crippen LogP contribution in [0.15, 0.2) is 77.8 Å². The van der Waals surface area contributed by atoms with Gasteiger partial charge in [-0.2, -0.15) is 0 Å². The minimum absolute atomic E-state index is 0.0145. The fourth-order valence-electron chi connectivity index (χ4n) is 3.84. The molecule has 3 aromatic rings. The lowest BCUT2D eigenvalue weighted by Gasteiger charge is -2.11. The molecule has 1 aromatic heterocycles. The molecule has 0 bridgehead atoms. The Morgan fingerprint density at radius 1 is 0.950 bits per heavy atom. The second kappa shape index (κ2) is 14.9. The third-order valence-electron chi connectivity index (χ3n) is 6.19. The van der Waals surface area contributed by atoms with E-state index in [1.807, 2.05) is 42.0 Å². The summed E-state index contributed by atoms with van der Waals surface area (Å²) in [6.07, 6.45) is 5.03. The highest BCUT2D eigenvalue weighted by Gasteiger charge is 2.20. The molecule has 1 unspecified atom stereocenters. The summed E-state index contributed by atoms with van der Waals surface area (Å²) in [5, 5.41) is 2.85. The predicted molar refractivity (Wildman–Crippen MR) is 151 cm³/mol. The van der Waals surface area contributed by atoms with Crippen molar-refractivity contribution in [1.82, 2.24) is 15.0 Å². The monoisotopic (exact) mass is 565 g/mol. The van der Waals surface area contributed by atoms with Crippen LogP contribution in [-0.4, -0.2) is 44.3 Å². The lowest BCUT2D eigenvalue weighted by atomic mass is 10.1. The van der Waals surface area contributed by atoms with Crippen molar-refractivity contribution < 1.29 is 27.5 Å². The molecule has 2 N–H and O–H groups in total. The van der Waals surface area contributed by atoms with Gasteiger partial charge in [-0.15, -0.1) is 0 Å². The van der Waals surface area contributed by atoms with E-state index in [2.05, 4.69) is 17.2 Å². The number of esters is 1. The normalized spacial score (nSPS) is 11.8. The zero-order valence-corrected chi connectivity index (χ0v) is 23.6. The van der Waals surface area contributed by atoms with Crippen LogP contribution in [0, 0.1) is 5.92 Å². The lowest BCUT2D eigenvalue weighted by molar-refractivity contribution is -0.120. The summed E-state index contributed by atoms with van der Waals surface area (Å²) in [4.78, 5) is 40.7. The van der Waals surface area contributed by atoms with Crippen LogP contribution in [-0.2, 0) is 32.4 Å².